The number of carboxylic acids is 1. The van der Waals surface area contributed by atoms with E-state index in [9.17, 15) is 4.79 Å². The number of carbonyl (C=O) groups is 1. The Labute approximate surface area is 115 Å². The lowest BCUT2D eigenvalue weighted by molar-refractivity contribution is -0.137. The van der Waals surface area contributed by atoms with Crippen molar-refractivity contribution in [3.05, 3.63) is 23.3 Å². The number of anilines is 1. The van der Waals surface area contributed by atoms with E-state index in [1.54, 1.807) is 7.11 Å². The fourth-order valence-electron chi connectivity index (χ4n) is 2.15. The monoisotopic (exact) mass is 265 g/mol. The predicted octanol–water partition coefficient (Wildman–Crippen LogP) is 3.00. The molecule has 0 atom stereocenters. The van der Waals surface area contributed by atoms with Crippen molar-refractivity contribution in [3.63, 3.8) is 0 Å². The molecule has 1 aromatic rings. The van der Waals surface area contributed by atoms with Gasteiger partial charge in [-0.1, -0.05) is 0 Å². The topological polar surface area (TPSA) is 49.8 Å². The summed E-state index contributed by atoms with van der Waals surface area (Å²) < 4.78 is 5.30. The molecule has 0 radical (unpaired) electrons. The molecule has 0 fully saturated rings. The summed E-state index contributed by atoms with van der Waals surface area (Å²) in [6.07, 6.45) is 1.84. The molecule has 106 valence electrons. The third-order valence-corrected chi connectivity index (χ3v) is 3.26. The summed E-state index contributed by atoms with van der Waals surface area (Å²) >= 11 is 0. The SMILES string of the molecule is COc1cc(C)c(N(C)CCCCC(=O)O)cc1C. The van der Waals surface area contributed by atoms with Gasteiger partial charge < -0.3 is 14.7 Å². The largest absolute Gasteiger partial charge is 0.496 e. The third-order valence-electron chi connectivity index (χ3n) is 3.26. The summed E-state index contributed by atoms with van der Waals surface area (Å²) in [6, 6.07) is 4.16. The van der Waals surface area contributed by atoms with E-state index >= 15 is 0 Å². The Kier molecular flexibility index (Phi) is 5.67. The number of unbranched alkanes of at least 4 members (excludes halogenated alkanes) is 1. The molecular formula is C15H23NO3. The Hall–Kier alpha value is -1.71. The third kappa shape index (κ3) is 4.47. The Morgan fingerprint density at radius 2 is 1.95 bits per heavy atom. The second-order valence-corrected chi connectivity index (χ2v) is 4.88. The highest BCUT2D eigenvalue weighted by atomic mass is 16.5. The molecule has 0 saturated heterocycles. The van der Waals surface area contributed by atoms with Crippen LogP contribution in [0.25, 0.3) is 0 Å². The average molecular weight is 265 g/mol. The molecular weight excluding hydrogens is 242 g/mol. The molecule has 1 N–H and O–H groups in total. The van der Waals surface area contributed by atoms with Crippen LogP contribution in [0, 0.1) is 13.8 Å². The molecule has 0 bridgehead atoms. The normalized spacial score (nSPS) is 10.3. The van der Waals surface area contributed by atoms with Crippen molar-refractivity contribution in [2.45, 2.75) is 33.1 Å². The van der Waals surface area contributed by atoms with Gasteiger partial charge in [-0.3, -0.25) is 4.79 Å². The van der Waals surface area contributed by atoms with Crippen molar-refractivity contribution in [2.24, 2.45) is 0 Å². The summed E-state index contributed by atoms with van der Waals surface area (Å²) in [4.78, 5) is 12.6. The molecule has 1 aromatic carbocycles. The second-order valence-electron chi connectivity index (χ2n) is 4.88. The summed E-state index contributed by atoms with van der Waals surface area (Å²) in [5.41, 5.74) is 3.46. The number of ether oxygens (including phenoxy) is 1. The molecule has 0 unspecified atom stereocenters. The van der Waals surface area contributed by atoms with Crippen LogP contribution in [0.2, 0.25) is 0 Å². The van der Waals surface area contributed by atoms with Crippen molar-refractivity contribution < 1.29 is 14.6 Å². The summed E-state index contributed by atoms with van der Waals surface area (Å²) in [5, 5.41) is 8.61. The smallest absolute Gasteiger partial charge is 0.303 e. The predicted molar refractivity (Wildman–Crippen MR) is 77.2 cm³/mol. The highest BCUT2D eigenvalue weighted by Gasteiger charge is 2.09. The number of nitrogens with zero attached hydrogens (tertiary/aromatic N) is 1. The van der Waals surface area contributed by atoms with Gasteiger partial charge in [-0.2, -0.15) is 0 Å². The van der Waals surface area contributed by atoms with Gasteiger partial charge in [0.2, 0.25) is 0 Å². The summed E-state index contributed by atoms with van der Waals surface area (Å²) in [7, 11) is 3.71. The molecule has 0 aromatic heterocycles. The molecule has 0 saturated carbocycles. The fraction of sp³-hybridized carbons (Fsp3) is 0.533. The van der Waals surface area contributed by atoms with Crippen molar-refractivity contribution in [1.29, 1.82) is 0 Å². The van der Waals surface area contributed by atoms with Gasteiger partial charge >= 0.3 is 5.97 Å². The number of aliphatic carboxylic acids is 1. The molecule has 1 rings (SSSR count). The van der Waals surface area contributed by atoms with Crippen molar-refractivity contribution >= 4 is 11.7 Å². The molecule has 19 heavy (non-hydrogen) atoms. The summed E-state index contributed by atoms with van der Waals surface area (Å²) in [5.74, 6) is 0.180. The van der Waals surface area contributed by atoms with E-state index in [0.29, 0.717) is 6.42 Å². The maximum atomic E-state index is 10.5. The van der Waals surface area contributed by atoms with E-state index in [-0.39, 0.29) is 6.42 Å². The minimum Gasteiger partial charge on any atom is -0.496 e. The van der Waals surface area contributed by atoms with Gasteiger partial charge in [0, 0.05) is 25.7 Å². The van der Waals surface area contributed by atoms with E-state index in [1.165, 1.54) is 11.3 Å². The standard InChI is InChI=1S/C15H23NO3/c1-11-10-14(19-4)12(2)9-13(11)16(3)8-6-5-7-15(17)18/h9-10H,5-8H2,1-4H3,(H,17,18). The van der Waals surface area contributed by atoms with Gasteiger partial charge in [-0.05, 0) is 49.9 Å². The number of carboxylic acid groups (broad SMARTS) is 1. The van der Waals surface area contributed by atoms with Gasteiger partial charge in [0.25, 0.3) is 0 Å². The van der Waals surface area contributed by atoms with E-state index < -0.39 is 5.97 Å². The first-order valence-electron chi connectivity index (χ1n) is 6.54. The van der Waals surface area contributed by atoms with Crippen LogP contribution in [0.1, 0.15) is 30.4 Å². The van der Waals surface area contributed by atoms with Gasteiger partial charge in [-0.15, -0.1) is 0 Å². The fourth-order valence-corrected chi connectivity index (χ4v) is 2.15. The maximum Gasteiger partial charge on any atom is 0.303 e. The number of hydrogen-bond acceptors (Lipinski definition) is 3. The van der Waals surface area contributed by atoms with Gasteiger partial charge in [-0.25, -0.2) is 0 Å². The molecule has 0 aliphatic heterocycles. The zero-order chi connectivity index (χ0) is 14.4. The minimum absolute atomic E-state index is 0.245. The van der Waals surface area contributed by atoms with Crippen molar-refractivity contribution in [1.82, 2.24) is 0 Å². The maximum absolute atomic E-state index is 10.5. The van der Waals surface area contributed by atoms with Gasteiger partial charge in [0.1, 0.15) is 5.75 Å². The highest BCUT2D eigenvalue weighted by Crippen LogP contribution is 2.28. The Morgan fingerprint density at radius 1 is 1.26 bits per heavy atom. The van der Waals surface area contributed by atoms with Crippen molar-refractivity contribution in [3.8, 4) is 5.75 Å². The summed E-state index contributed by atoms with van der Waals surface area (Å²) in [6.45, 7) is 4.95. The molecule has 0 amide bonds. The molecule has 4 heteroatoms. The van der Waals surface area contributed by atoms with E-state index in [1.807, 2.05) is 20.0 Å². The van der Waals surface area contributed by atoms with Crippen LogP contribution in [0.5, 0.6) is 5.75 Å². The zero-order valence-corrected chi connectivity index (χ0v) is 12.2. The molecule has 4 nitrogen and oxygen atoms in total. The van der Waals surface area contributed by atoms with Crippen LogP contribution in [-0.2, 0) is 4.79 Å². The molecule has 0 aliphatic rings. The first kappa shape index (κ1) is 15.3. The van der Waals surface area contributed by atoms with Crippen LogP contribution < -0.4 is 9.64 Å². The lowest BCUT2D eigenvalue weighted by Crippen LogP contribution is -2.19. The Morgan fingerprint density at radius 3 is 2.53 bits per heavy atom. The first-order chi connectivity index (χ1) is 8.95. The van der Waals surface area contributed by atoms with Crippen LogP contribution in [0.15, 0.2) is 12.1 Å². The minimum atomic E-state index is -0.723. The first-order valence-corrected chi connectivity index (χ1v) is 6.54. The molecule has 0 aliphatic carbocycles. The molecule has 0 heterocycles. The van der Waals surface area contributed by atoms with Crippen LogP contribution >= 0.6 is 0 Å². The van der Waals surface area contributed by atoms with Crippen LogP contribution in [0.4, 0.5) is 5.69 Å². The van der Waals surface area contributed by atoms with Crippen LogP contribution in [0.3, 0.4) is 0 Å². The number of hydrogen-bond donors (Lipinski definition) is 1. The number of methoxy groups -OCH3 is 1. The lowest BCUT2D eigenvalue weighted by atomic mass is 10.1. The number of aryl methyl sites for hydroxylation is 2. The zero-order valence-electron chi connectivity index (χ0n) is 12.2. The average Bonchev–Trinajstić information content (AvgIpc) is 2.36. The number of benzene rings is 1. The van der Waals surface area contributed by atoms with E-state index in [0.717, 1.165) is 24.3 Å². The Balaban J connectivity index is 2.64. The quantitative estimate of drug-likeness (QED) is 0.770. The highest BCUT2D eigenvalue weighted by molar-refractivity contribution is 5.66. The van der Waals surface area contributed by atoms with Gasteiger partial charge in [0.15, 0.2) is 0 Å². The van der Waals surface area contributed by atoms with E-state index in [4.69, 9.17) is 9.84 Å². The molecule has 0 spiro atoms. The van der Waals surface area contributed by atoms with E-state index in [2.05, 4.69) is 17.9 Å². The van der Waals surface area contributed by atoms with Crippen LogP contribution in [-0.4, -0.2) is 31.8 Å². The lowest BCUT2D eigenvalue weighted by Gasteiger charge is -2.22. The van der Waals surface area contributed by atoms with Crippen molar-refractivity contribution in [2.75, 3.05) is 25.6 Å². The van der Waals surface area contributed by atoms with Gasteiger partial charge in [0.05, 0.1) is 7.11 Å². The second kappa shape index (κ2) is 7.02. The number of rotatable bonds is 7. The Bertz CT molecular complexity index is 443.